The maximum absolute atomic E-state index is 12.9. The minimum atomic E-state index is -4.51. The average molecular weight is 612 g/mol. The molecule has 236 valence electrons. The Labute approximate surface area is 246 Å². The van der Waals surface area contributed by atoms with Crippen LogP contribution in [0.5, 0.6) is 11.5 Å². The van der Waals surface area contributed by atoms with Crippen LogP contribution in [0.25, 0.3) is 0 Å². The van der Waals surface area contributed by atoms with Crippen LogP contribution >= 0.6 is 0 Å². The third-order valence-corrected chi connectivity index (χ3v) is 6.86. The second-order valence-electron chi connectivity index (χ2n) is 10.1. The van der Waals surface area contributed by atoms with Gasteiger partial charge in [-0.1, -0.05) is 42.5 Å². The quantitative estimate of drug-likeness (QED) is 0.0636. The molecule has 5 N–H and O–H groups in total. The largest absolute Gasteiger partial charge is 0.491 e. The summed E-state index contributed by atoms with van der Waals surface area (Å²) in [7, 11) is 0. The molecule has 0 unspecified atom stereocenters. The van der Waals surface area contributed by atoms with Gasteiger partial charge in [0.05, 0.1) is 29.8 Å². The minimum absolute atomic E-state index is 0.0338. The van der Waals surface area contributed by atoms with Crippen LogP contribution in [0, 0.1) is 11.8 Å². The van der Waals surface area contributed by atoms with E-state index in [9.17, 15) is 33.3 Å². The molecule has 2 aromatic rings. The summed E-state index contributed by atoms with van der Waals surface area (Å²) in [5.74, 6) is -0.939. The number of carbonyl (C=O) groups excluding carboxylic acids is 1. The number of benzene rings is 2. The predicted octanol–water partition coefficient (Wildman–Crippen LogP) is 4.59. The van der Waals surface area contributed by atoms with Gasteiger partial charge in [0.2, 0.25) is 0 Å². The van der Waals surface area contributed by atoms with Crippen molar-refractivity contribution in [3.8, 4) is 11.5 Å². The van der Waals surface area contributed by atoms with Gasteiger partial charge >= 0.3 is 12.1 Å². The second-order valence-corrected chi connectivity index (χ2v) is 10.1. The number of hydrogen-bond acceptors (Lipinski definition) is 10. The molecule has 0 saturated heterocycles. The van der Waals surface area contributed by atoms with Crippen LogP contribution in [-0.4, -0.2) is 62.0 Å². The highest BCUT2D eigenvalue weighted by atomic mass is 19.4. The van der Waals surface area contributed by atoms with Gasteiger partial charge in [-0.25, -0.2) is 4.84 Å². The first-order valence-electron chi connectivity index (χ1n) is 13.7. The molecule has 10 nitrogen and oxygen atoms in total. The molecule has 0 aromatic heterocycles. The molecule has 1 aliphatic rings. The Morgan fingerprint density at radius 2 is 1.79 bits per heavy atom. The molecular weight excluding hydrogens is 575 g/mol. The van der Waals surface area contributed by atoms with Crippen molar-refractivity contribution in [2.45, 2.75) is 63.2 Å². The Balaban J connectivity index is 1.41. The Morgan fingerprint density at radius 1 is 1.05 bits per heavy atom. The smallest absolute Gasteiger partial charge is 0.416 e. The van der Waals surface area contributed by atoms with E-state index < -0.39 is 47.3 Å². The van der Waals surface area contributed by atoms with Crippen molar-refractivity contribution in [3.63, 3.8) is 0 Å². The van der Waals surface area contributed by atoms with Crippen LogP contribution in [0.3, 0.4) is 0 Å². The van der Waals surface area contributed by atoms with E-state index in [4.69, 9.17) is 19.9 Å². The van der Waals surface area contributed by atoms with Gasteiger partial charge in [-0.2, -0.15) is 13.2 Å². The number of aliphatic hydroxyl groups excluding tert-OH is 3. The molecule has 2 aromatic carbocycles. The summed E-state index contributed by atoms with van der Waals surface area (Å²) < 4.78 is 49.2. The Morgan fingerprint density at radius 3 is 2.53 bits per heavy atom. The molecule has 1 saturated carbocycles. The fraction of sp³-hybridized carbons (Fsp3) is 0.433. The lowest BCUT2D eigenvalue weighted by molar-refractivity contribution is -0.497. The van der Waals surface area contributed by atoms with Crippen LogP contribution in [0.4, 0.5) is 13.2 Å². The number of carbonyl (C=O) groups is 1. The van der Waals surface area contributed by atoms with Crippen molar-refractivity contribution >= 4 is 5.97 Å². The second kappa shape index (κ2) is 16.5. The van der Waals surface area contributed by atoms with Gasteiger partial charge in [-0.15, -0.1) is 0 Å². The van der Waals surface area contributed by atoms with E-state index in [1.165, 1.54) is 24.3 Å². The zero-order chi connectivity index (χ0) is 31.4. The topological polar surface area (TPSA) is 149 Å². The first-order valence-corrected chi connectivity index (χ1v) is 13.7. The van der Waals surface area contributed by atoms with Crippen LogP contribution < -0.4 is 9.47 Å². The molecule has 0 bridgehead atoms. The number of alkyl halides is 3. The highest BCUT2D eigenvalue weighted by Gasteiger charge is 2.39. The number of allylic oxidation sites excluding steroid dienone is 2. The van der Waals surface area contributed by atoms with E-state index >= 15 is 0 Å². The van der Waals surface area contributed by atoms with E-state index in [2.05, 4.69) is 4.84 Å². The number of ether oxygens (including phenoxy) is 2. The summed E-state index contributed by atoms with van der Waals surface area (Å²) in [5, 5.41) is 47.9. The standard InChI is InChI=1S/C30H36F3NO9/c31-30(32,33)21-8-6-9-23(16-21)41-19-22(35)13-14-26-25(27(36)17-28(26)37)11-3-1-2-4-12-29(38)43-24-10-5-7-20(15-24)18-42-34(39)40/h1,3,5-10,13-16,22,25-28,35-37,39-40H,2,4,11-12,17-19H2/b3-1-,14-13+/t22-,25-,26-,27+,28-/m1/s1. The lowest BCUT2D eigenvalue weighted by Gasteiger charge is -2.19. The van der Waals surface area contributed by atoms with Crippen LogP contribution in [0.15, 0.2) is 72.8 Å². The molecule has 1 aliphatic carbocycles. The number of halogens is 3. The predicted molar refractivity (Wildman–Crippen MR) is 146 cm³/mol. The normalized spacial score (nSPS) is 21.6. The highest BCUT2D eigenvalue weighted by molar-refractivity contribution is 5.72. The zero-order valence-corrected chi connectivity index (χ0v) is 23.2. The van der Waals surface area contributed by atoms with Gasteiger partial charge in [0, 0.05) is 18.8 Å². The molecule has 3 rings (SSSR count). The number of esters is 1. The first-order chi connectivity index (χ1) is 20.4. The fourth-order valence-corrected chi connectivity index (χ4v) is 4.71. The van der Waals surface area contributed by atoms with Crippen molar-refractivity contribution in [2.75, 3.05) is 6.61 Å². The van der Waals surface area contributed by atoms with Crippen molar-refractivity contribution < 1.29 is 58.0 Å². The van der Waals surface area contributed by atoms with E-state index in [0.29, 0.717) is 30.6 Å². The summed E-state index contributed by atoms with van der Waals surface area (Å²) in [6.07, 6.45) is 1.35. The number of hydrogen-bond donors (Lipinski definition) is 5. The SMILES string of the molecule is O=C(CCC/C=C\C[C@@H]1[C@@H](/C=C/[C@@H](O)COc2cccc(C(F)(F)F)c2)[C@H](O)C[C@@H]1O)Oc1cccc(CON(O)O)c1. The summed E-state index contributed by atoms with van der Waals surface area (Å²) in [5.41, 5.74) is -0.297. The van der Waals surface area contributed by atoms with Crippen molar-refractivity contribution in [1.82, 2.24) is 5.39 Å². The monoisotopic (exact) mass is 611 g/mol. The van der Waals surface area contributed by atoms with Crippen molar-refractivity contribution in [2.24, 2.45) is 11.8 Å². The minimum Gasteiger partial charge on any atom is -0.491 e. The summed E-state index contributed by atoms with van der Waals surface area (Å²) >= 11 is 0. The van der Waals surface area contributed by atoms with Gasteiger partial charge in [0.25, 0.3) is 0 Å². The lowest BCUT2D eigenvalue weighted by atomic mass is 9.89. The Hall–Kier alpha value is -3.30. The van der Waals surface area contributed by atoms with Crippen LogP contribution in [0.2, 0.25) is 0 Å². The summed E-state index contributed by atoms with van der Waals surface area (Å²) in [6.45, 7) is -0.424. The zero-order valence-electron chi connectivity index (χ0n) is 23.2. The van der Waals surface area contributed by atoms with Gasteiger partial charge in [0.15, 0.2) is 0 Å². The fourth-order valence-electron chi connectivity index (χ4n) is 4.71. The molecule has 0 aliphatic heterocycles. The summed E-state index contributed by atoms with van der Waals surface area (Å²) in [4.78, 5) is 16.7. The highest BCUT2D eigenvalue weighted by Crippen LogP contribution is 2.36. The van der Waals surface area contributed by atoms with Gasteiger partial charge in [-0.3, -0.25) is 15.2 Å². The molecule has 13 heteroatoms. The number of nitrogens with zero attached hydrogens (tertiary/aromatic N) is 1. The first kappa shape index (κ1) is 34.2. The van der Waals surface area contributed by atoms with Gasteiger partial charge < -0.3 is 24.8 Å². The third kappa shape index (κ3) is 11.7. The molecule has 0 amide bonds. The maximum atomic E-state index is 12.9. The number of aliphatic hydroxyl groups is 3. The Kier molecular flexibility index (Phi) is 13.1. The van der Waals surface area contributed by atoms with E-state index in [1.54, 1.807) is 24.3 Å². The molecule has 0 spiro atoms. The Bertz CT molecular complexity index is 1220. The van der Waals surface area contributed by atoms with Crippen LogP contribution in [0.1, 0.15) is 43.2 Å². The van der Waals surface area contributed by atoms with Gasteiger partial charge in [0.1, 0.15) is 24.2 Å². The number of rotatable bonds is 15. The van der Waals surface area contributed by atoms with E-state index in [0.717, 1.165) is 12.1 Å². The maximum Gasteiger partial charge on any atom is 0.416 e. The number of unbranched alkanes of at least 4 members (excludes halogenated alkanes) is 1. The molecular formula is C30H36F3NO9. The summed E-state index contributed by atoms with van der Waals surface area (Å²) in [6, 6.07) is 10.8. The lowest BCUT2D eigenvalue weighted by Crippen LogP contribution is -2.21. The molecule has 1 fully saturated rings. The van der Waals surface area contributed by atoms with Crippen LogP contribution in [-0.2, 0) is 22.4 Å². The van der Waals surface area contributed by atoms with E-state index in [1.807, 2.05) is 12.2 Å². The van der Waals surface area contributed by atoms with Crippen molar-refractivity contribution in [1.29, 1.82) is 0 Å². The van der Waals surface area contributed by atoms with Gasteiger partial charge in [-0.05, 0) is 61.1 Å². The molecule has 0 heterocycles. The molecule has 43 heavy (non-hydrogen) atoms. The van der Waals surface area contributed by atoms with E-state index in [-0.39, 0.29) is 37.7 Å². The molecule has 5 atom stereocenters. The van der Waals surface area contributed by atoms with Crippen molar-refractivity contribution in [3.05, 3.63) is 84.0 Å². The average Bonchev–Trinajstić information content (AvgIpc) is 3.22. The third-order valence-electron chi connectivity index (χ3n) is 6.86. The molecule has 0 radical (unpaired) electrons.